The van der Waals surface area contributed by atoms with E-state index < -0.39 is 10.0 Å². The highest BCUT2D eigenvalue weighted by Crippen LogP contribution is 2.22. The third-order valence-corrected chi connectivity index (χ3v) is 7.60. The van der Waals surface area contributed by atoms with Gasteiger partial charge in [-0.1, -0.05) is 37.1 Å². The van der Waals surface area contributed by atoms with Crippen LogP contribution in [0.3, 0.4) is 0 Å². The molecule has 0 spiro atoms. The fourth-order valence-corrected chi connectivity index (χ4v) is 5.51. The Kier molecular flexibility index (Phi) is 6.72. The van der Waals surface area contributed by atoms with Crippen molar-refractivity contribution in [2.24, 2.45) is 0 Å². The molecule has 1 saturated heterocycles. The molecule has 1 aliphatic rings. The molecule has 168 valence electrons. The Morgan fingerprint density at radius 3 is 2.44 bits per heavy atom. The van der Waals surface area contributed by atoms with Crippen molar-refractivity contribution in [3.63, 3.8) is 0 Å². The molecule has 1 aliphatic heterocycles. The number of aromatic nitrogens is 2. The van der Waals surface area contributed by atoms with Crippen molar-refractivity contribution < 1.29 is 13.2 Å². The maximum Gasteiger partial charge on any atom is 0.253 e. The van der Waals surface area contributed by atoms with Gasteiger partial charge in [0.2, 0.25) is 10.0 Å². The van der Waals surface area contributed by atoms with Crippen LogP contribution >= 0.6 is 0 Å². The molecule has 0 bridgehead atoms. The van der Waals surface area contributed by atoms with Crippen molar-refractivity contribution in [2.45, 2.75) is 37.1 Å². The van der Waals surface area contributed by atoms with E-state index >= 15 is 0 Å². The molecule has 0 unspecified atom stereocenters. The van der Waals surface area contributed by atoms with Crippen molar-refractivity contribution >= 4 is 15.9 Å². The van der Waals surface area contributed by atoms with E-state index in [0.29, 0.717) is 25.2 Å². The number of sulfonamides is 1. The summed E-state index contributed by atoms with van der Waals surface area (Å²) in [5.41, 5.74) is 2.19. The van der Waals surface area contributed by atoms with E-state index in [1.807, 2.05) is 36.5 Å². The largest absolute Gasteiger partial charge is 0.337 e. The Labute approximate surface area is 189 Å². The normalized spacial score (nSPS) is 15.3. The van der Waals surface area contributed by atoms with Gasteiger partial charge in [0.05, 0.1) is 16.8 Å². The van der Waals surface area contributed by atoms with Crippen LogP contribution in [0.15, 0.2) is 71.9 Å². The summed E-state index contributed by atoms with van der Waals surface area (Å²) in [7, 11) is -1.90. The molecule has 4 rings (SSSR count). The number of amides is 1. The second-order valence-electron chi connectivity index (χ2n) is 8.14. The molecule has 1 amide bonds. The molecular formula is C24H28N4O3S. The van der Waals surface area contributed by atoms with Crippen LogP contribution in [0.5, 0.6) is 0 Å². The highest BCUT2D eigenvalue weighted by atomic mass is 32.2. The smallest absolute Gasteiger partial charge is 0.253 e. The van der Waals surface area contributed by atoms with Gasteiger partial charge in [-0.2, -0.15) is 9.40 Å². The first-order valence-corrected chi connectivity index (χ1v) is 12.3. The number of para-hydroxylation sites is 1. The fourth-order valence-electron chi connectivity index (χ4n) is 3.95. The monoisotopic (exact) mass is 452 g/mol. The minimum Gasteiger partial charge on any atom is -0.337 e. The highest BCUT2D eigenvalue weighted by Gasteiger charge is 2.26. The molecule has 0 aliphatic carbocycles. The SMILES string of the molecule is CN(Cc1cnn(-c2ccccc2)c1)C(=O)c1cccc(S(=O)(=O)N2CCCCCC2)c1. The average Bonchev–Trinajstić information content (AvgIpc) is 3.10. The lowest BCUT2D eigenvalue weighted by atomic mass is 10.2. The van der Waals surface area contributed by atoms with Crippen LogP contribution in [0.25, 0.3) is 5.69 Å². The van der Waals surface area contributed by atoms with Crippen LogP contribution in [0, 0.1) is 0 Å². The Balaban J connectivity index is 1.48. The van der Waals surface area contributed by atoms with Crippen molar-refractivity contribution in [3.8, 4) is 5.69 Å². The van der Waals surface area contributed by atoms with E-state index in [4.69, 9.17) is 0 Å². The van der Waals surface area contributed by atoms with Gasteiger partial charge in [0.15, 0.2) is 0 Å². The predicted molar refractivity (Wildman–Crippen MR) is 123 cm³/mol. The van der Waals surface area contributed by atoms with Crippen LogP contribution in [0.1, 0.15) is 41.6 Å². The van der Waals surface area contributed by atoms with Crippen LogP contribution in [0.4, 0.5) is 0 Å². The minimum atomic E-state index is -3.60. The van der Waals surface area contributed by atoms with Crippen LogP contribution in [-0.2, 0) is 16.6 Å². The van der Waals surface area contributed by atoms with Crippen LogP contribution in [0.2, 0.25) is 0 Å². The summed E-state index contributed by atoms with van der Waals surface area (Å²) in [5.74, 6) is -0.231. The molecule has 1 fully saturated rings. The van der Waals surface area contributed by atoms with Crippen molar-refractivity contribution in [2.75, 3.05) is 20.1 Å². The Bertz CT molecular complexity index is 1170. The first-order valence-electron chi connectivity index (χ1n) is 10.9. The zero-order valence-electron chi connectivity index (χ0n) is 18.2. The van der Waals surface area contributed by atoms with Gasteiger partial charge >= 0.3 is 0 Å². The number of hydrogen-bond donors (Lipinski definition) is 0. The lowest BCUT2D eigenvalue weighted by molar-refractivity contribution is 0.0785. The molecule has 0 saturated carbocycles. The van der Waals surface area contributed by atoms with E-state index in [9.17, 15) is 13.2 Å². The van der Waals surface area contributed by atoms with Crippen LogP contribution in [-0.4, -0.2) is 53.4 Å². The van der Waals surface area contributed by atoms with Gasteiger partial charge in [0, 0.05) is 44.0 Å². The van der Waals surface area contributed by atoms with E-state index in [0.717, 1.165) is 36.9 Å². The first-order chi connectivity index (χ1) is 15.4. The quantitative estimate of drug-likeness (QED) is 0.571. The molecule has 2 heterocycles. The number of carbonyl (C=O) groups excluding carboxylic acids is 1. The van der Waals surface area contributed by atoms with Crippen molar-refractivity contribution in [3.05, 3.63) is 78.1 Å². The van der Waals surface area contributed by atoms with Gasteiger partial charge in [-0.25, -0.2) is 13.1 Å². The maximum absolute atomic E-state index is 13.1. The zero-order chi connectivity index (χ0) is 22.6. The molecule has 0 atom stereocenters. The van der Waals surface area contributed by atoms with E-state index in [1.165, 1.54) is 6.07 Å². The molecule has 3 aromatic rings. The van der Waals surface area contributed by atoms with Crippen molar-refractivity contribution in [1.29, 1.82) is 0 Å². The summed E-state index contributed by atoms with van der Waals surface area (Å²) in [6.45, 7) is 1.44. The second-order valence-corrected chi connectivity index (χ2v) is 10.1. The Morgan fingerprint density at radius 2 is 1.72 bits per heavy atom. The molecule has 0 N–H and O–H groups in total. The molecule has 2 aromatic carbocycles. The number of carbonyl (C=O) groups is 1. The molecule has 8 heteroatoms. The molecule has 0 radical (unpaired) electrons. The summed E-state index contributed by atoms with van der Waals surface area (Å²) in [6, 6.07) is 16.1. The zero-order valence-corrected chi connectivity index (χ0v) is 19.0. The molecular weight excluding hydrogens is 424 g/mol. The number of benzene rings is 2. The first kappa shape index (κ1) is 22.2. The third kappa shape index (κ3) is 4.92. The molecule has 7 nitrogen and oxygen atoms in total. The lowest BCUT2D eigenvalue weighted by Gasteiger charge is -2.21. The number of rotatable bonds is 6. The summed E-state index contributed by atoms with van der Waals surface area (Å²) < 4.78 is 29.5. The second kappa shape index (κ2) is 9.67. The van der Waals surface area contributed by atoms with Gasteiger partial charge < -0.3 is 4.90 Å². The molecule has 1 aromatic heterocycles. The maximum atomic E-state index is 13.1. The summed E-state index contributed by atoms with van der Waals surface area (Å²) in [4.78, 5) is 14.8. The molecule has 32 heavy (non-hydrogen) atoms. The van der Waals surface area contributed by atoms with Crippen molar-refractivity contribution in [1.82, 2.24) is 19.0 Å². The summed E-state index contributed by atoms with van der Waals surface area (Å²) in [5, 5.41) is 4.37. The van der Waals surface area contributed by atoms with E-state index in [1.54, 1.807) is 45.3 Å². The van der Waals surface area contributed by atoms with Gasteiger partial charge in [0.25, 0.3) is 5.91 Å². The van der Waals surface area contributed by atoms with Crippen LogP contribution < -0.4 is 0 Å². The third-order valence-electron chi connectivity index (χ3n) is 5.71. The van der Waals surface area contributed by atoms with Gasteiger partial charge in [-0.3, -0.25) is 4.79 Å². The summed E-state index contributed by atoms with van der Waals surface area (Å²) >= 11 is 0. The fraction of sp³-hybridized carbons (Fsp3) is 0.333. The van der Waals surface area contributed by atoms with Gasteiger partial charge in [0.1, 0.15) is 0 Å². The number of nitrogens with zero attached hydrogens (tertiary/aromatic N) is 4. The summed E-state index contributed by atoms with van der Waals surface area (Å²) in [6.07, 6.45) is 7.47. The van der Waals surface area contributed by atoms with E-state index in [-0.39, 0.29) is 10.8 Å². The van der Waals surface area contributed by atoms with E-state index in [2.05, 4.69) is 5.10 Å². The Morgan fingerprint density at radius 1 is 1.00 bits per heavy atom. The topological polar surface area (TPSA) is 75.5 Å². The van der Waals surface area contributed by atoms with Gasteiger partial charge in [-0.05, 0) is 43.2 Å². The Hall–Kier alpha value is -2.97. The predicted octanol–water partition coefficient (Wildman–Crippen LogP) is 3.71. The van der Waals surface area contributed by atoms with Gasteiger partial charge in [-0.15, -0.1) is 0 Å². The average molecular weight is 453 g/mol. The minimum absolute atomic E-state index is 0.176. The lowest BCUT2D eigenvalue weighted by Crippen LogP contribution is -2.32. The standard InChI is InChI=1S/C24H28N4O3S/c1-26(18-20-17-25-28(19-20)22-11-5-4-6-12-22)24(29)21-10-9-13-23(16-21)32(30,31)27-14-7-2-3-8-15-27/h4-6,9-13,16-17,19H,2-3,7-8,14-15,18H2,1H3. The highest BCUT2D eigenvalue weighted by molar-refractivity contribution is 7.89. The number of hydrogen-bond acceptors (Lipinski definition) is 4.